The molecule has 0 saturated carbocycles. The quantitative estimate of drug-likeness (QED) is 0.822. The van der Waals surface area contributed by atoms with Crippen molar-refractivity contribution >= 4 is 33.4 Å². The van der Waals surface area contributed by atoms with E-state index in [1.54, 1.807) is 0 Å². The van der Waals surface area contributed by atoms with Crippen LogP contribution in [0.4, 0.5) is 0 Å². The zero-order valence-corrected chi connectivity index (χ0v) is 15.1. The molecule has 9 heteroatoms. The summed E-state index contributed by atoms with van der Waals surface area (Å²) in [6, 6.07) is 3.28. The van der Waals surface area contributed by atoms with E-state index >= 15 is 0 Å². The van der Waals surface area contributed by atoms with Crippen molar-refractivity contribution in [3.63, 3.8) is 0 Å². The molecule has 1 heterocycles. The number of halogens is 1. The number of hydrogen-bond acceptors (Lipinski definition) is 4. The fourth-order valence-corrected chi connectivity index (χ4v) is 3.49. The molecule has 0 bridgehead atoms. The van der Waals surface area contributed by atoms with Gasteiger partial charge in [-0.1, -0.05) is 11.6 Å². The Bertz CT molecular complexity index is 749. The fourth-order valence-electron chi connectivity index (χ4n) is 2.36. The second-order valence-corrected chi connectivity index (χ2v) is 8.30. The first-order chi connectivity index (χ1) is 11.2. The maximum atomic E-state index is 12.5. The maximum Gasteiger partial charge on any atom is 0.253 e. The van der Waals surface area contributed by atoms with Crippen molar-refractivity contribution in [2.75, 3.05) is 20.6 Å². The van der Waals surface area contributed by atoms with Gasteiger partial charge in [0.25, 0.3) is 5.91 Å². The van der Waals surface area contributed by atoms with Gasteiger partial charge in [-0.3, -0.25) is 9.59 Å². The van der Waals surface area contributed by atoms with Gasteiger partial charge in [0.1, 0.15) is 6.04 Å². The SMILES string of the molecule is CN(C)S(=O)(=O)c1ccc(Cl)c(C(=O)NC2CCCCNC2=O)c1. The Balaban J connectivity index is 2.27. The standard InChI is InChI=1S/C15H20ClN3O4S/c1-19(2)24(22,23)10-6-7-12(16)11(9-10)14(20)18-13-5-3-4-8-17-15(13)21/h6-7,9,13H,3-5,8H2,1-2H3,(H,17,21)(H,18,20). The van der Waals surface area contributed by atoms with Gasteiger partial charge in [-0.25, -0.2) is 12.7 Å². The van der Waals surface area contributed by atoms with Gasteiger partial charge in [-0.2, -0.15) is 0 Å². The highest BCUT2D eigenvalue weighted by Crippen LogP contribution is 2.22. The van der Waals surface area contributed by atoms with Crippen LogP contribution in [0.2, 0.25) is 5.02 Å². The van der Waals surface area contributed by atoms with Gasteiger partial charge in [0.2, 0.25) is 15.9 Å². The average molecular weight is 374 g/mol. The van der Waals surface area contributed by atoms with E-state index in [0.29, 0.717) is 13.0 Å². The number of rotatable bonds is 4. The van der Waals surface area contributed by atoms with Crippen molar-refractivity contribution in [1.29, 1.82) is 0 Å². The molecule has 132 valence electrons. The van der Waals surface area contributed by atoms with Crippen LogP contribution >= 0.6 is 11.6 Å². The zero-order chi connectivity index (χ0) is 17.9. The maximum absolute atomic E-state index is 12.5. The zero-order valence-electron chi connectivity index (χ0n) is 13.5. The lowest BCUT2D eigenvalue weighted by Crippen LogP contribution is -2.45. The van der Waals surface area contributed by atoms with Crippen LogP contribution in [0.1, 0.15) is 29.6 Å². The third kappa shape index (κ3) is 4.06. The van der Waals surface area contributed by atoms with Gasteiger partial charge in [0, 0.05) is 20.6 Å². The highest BCUT2D eigenvalue weighted by atomic mass is 35.5. The molecule has 1 aromatic rings. The molecule has 24 heavy (non-hydrogen) atoms. The van der Waals surface area contributed by atoms with Crippen LogP contribution in [0.25, 0.3) is 0 Å². The molecule has 0 radical (unpaired) electrons. The van der Waals surface area contributed by atoms with Gasteiger partial charge in [0.15, 0.2) is 0 Å². The van der Waals surface area contributed by atoms with Crippen molar-refractivity contribution < 1.29 is 18.0 Å². The smallest absolute Gasteiger partial charge is 0.253 e. The molecular formula is C15H20ClN3O4S. The molecule has 1 aromatic carbocycles. The normalized spacial score (nSPS) is 18.8. The van der Waals surface area contributed by atoms with Crippen LogP contribution in [0, 0.1) is 0 Å². The minimum atomic E-state index is -3.68. The van der Waals surface area contributed by atoms with Crippen molar-refractivity contribution in [3.8, 4) is 0 Å². The van der Waals surface area contributed by atoms with Crippen LogP contribution < -0.4 is 10.6 Å². The first-order valence-corrected chi connectivity index (χ1v) is 9.36. The summed E-state index contributed by atoms with van der Waals surface area (Å²) in [6.45, 7) is 0.586. The minimum Gasteiger partial charge on any atom is -0.354 e. The summed E-state index contributed by atoms with van der Waals surface area (Å²) in [5.41, 5.74) is 0.0247. The van der Waals surface area contributed by atoms with Crippen LogP contribution in [0.15, 0.2) is 23.1 Å². The number of amides is 2. The first-order valence-electron chi connectivity index (χ1n) is 7.54. The van der Waals surface area contributed by atoms with Gasteiger partial charge < -0.3 is 10.6 Å². The van der Waals surface area contributed by atoms with Gasteiger partial charge >= 0.3 is 0 Å². The predicted octanol–water partition coefficient (Wildman–Crippen LogP) is 0.989. The molecule has 2 N–H and O–H groups in total. The highest BCUT2D eigenvalue weighted by Gasteiger charge is 2.25. The lowest BCUT2D eigenvalue weighted by Gasteiger charge is -2.17. The molecule has 2 rings (SSSR count). The highest BCUT2D eigenvalue weighted by molar-refractivity contribution is 7.89. The van der Waals surface area contributed by atoms with Crippen molar-refractivity contribution in [1.82, 2.24) is 14.9 Å². The molecule has 1 saturated heterocycles. The van der Waals surface area contributed by atoms with E-state index in [9.17, 15) is 18.0 Å². The number of hydrogen-bond donors (Lipinski definition) is 2. The largest absolute Gasteiger partial charge is 0.354 e. The molecule has 1 aliphatic rings. The predicted molar refractivity (Wildman–Crippen MR) is 90.4 cm³/mol. The third-order valence-corrected chi connectivity index (χ3v) is 5.94. The molecule has 0 spiro atoms. The summed E-state index contributed by atoms with van der Waals surface area (Å²) in [6.07, 6.45) is 2.20. The lowest BCUT2D eigenvalue weighted by molar-refractivity contribution is -0.122. The molecule has 1 unspecified atom stereocenters. The molecule has 1 fully saturated rings. The Morgan fingerprint density at radius 3 is 2.71 bits per heavy atom. The van der Waals surface area contributed by atoms with Gasteiger partial charge in [-0.05, 0) is 37.5 Å². The summed E-state index contributed by atoms with van der Waals surface area (Å²) in [5, 5.41) is 5.48. The van der Waals surface area contributed by atoms with E-state index in [-0.39, 0.29) is 21.4 Å². The summed E-state index contributed by atoms with van der Waals surface area (Å²) < 4.78 is 25.4. The van der Waals surface area contributed by atoms with Crippen molar-refractivity contribution in [2.24, 2.45) is 0 Å². The Kier molecular flexibility index (Phi) is 5.84. The van der Waals surface area contributed by atoms with Crippen LogP contribution in [-0.4, -0.2) is 51.2 Å². The Labute approximate surface area is 146 Å². The van der Waals surface area contributed by atoms with E-state index in [1.807, 2.05) is 0 Å². The van der Waals surface area contributed by atoms with E-state index in [4.69, 9.17) is 11.6 Å². The molecule has 1 atom stereocenters. The Morgan fingerprint density at radius 1 is 1.33 bits per heavy atom. The van der Waals surface area contributed by atoms with Crippen LogP contribution in [0.5, 0.6) is 0 Å². The number of carbonyl (C=O) groups excluding carboxylic acids is 2. The summed E-state index contributed by atoms with van der Waals surface area (Å²) in [5.74, 6) is -0.813. The van der Waals surface area contributed by atoms with E-state index in [1.165, 1.54) is 32.3 Å². The number of sulfonamides is 1. The molecule has 2 amide bonds. The van der Waals surface area contributed by atoms with E-state index in [2.05, 4.69) is 10.6 Å². The molecule has 0 aromatic heterocycles. The molecular weight excluding hydrogens is 354 g/mol. The lowest BCUT2D eigenvalue weighted by atomic mass is 10.1. The number of benzene rings is 1. The molecule has 1 aliphatic heterocycles. The number of nitrogens with one attached hydrogen (secondary N) is 2. The van der Waals surface area contributed by atoms with Crippen molar-refractivity contribution in [3.05, 3.63) is 28.8 Å². The van der Waals surface area contributed by atoms with Crippen LogP contribution in [-0.2, 0) is 14.8 Å². The van der Waals surface area contributed by atoms with Gasteiger partial charge in [-0.15, -0.1) is 0 Å². The Morgan fingerprint density at radius 2 is 2.04 bits per heavy atom. The number of carbonyl (C=O) groups is 2. The summed E-state index contributed by atoms with van der Waals surface area (Å²) >= 11 is 6.04. The second kappa shape index (κ2) is 7.50. The van der Waals surface area contributed by atoms with Crippen molar-refractivity contribution in [2.45, 2.75) is 30.2 Å². The second-order valence-electron chi connectivity index (χ2n) is 5.74. The average Bonchev–Trinajstić information content (AvgIpc) is 2.72. The molecule has 0 aliphatic carbocycles. The summed E-state index contributed by atoms with van der Waals surface area (Å²) in [7, 11) is -0.879. The summed E-state index contributed by atoms with van der Waals surface area (Å²) in [4.78, 5) is 24.3. The Hall–Kier alpha value is -1.64. The van der Waals surface area contributed by atoms with E-state index in [0.717, 1.165) is 17.1 Å². The third-order valence-electron chi connectivity index (χ3n) is 3.80. The van der Waals surface area contributed by atoms with Gasteiger partial charge in [0.05, 0.1) is 15.5 Å². The minimum absolute atomic E-state index is 0.0247. The fraction of sp³-hybridized carbons (Fsp3) is 0.467. The van der Waals surface area contributed by atoms with E-state index < -0.39 is 22.0 Å². The van der Waals surface area contributed by atoms with Crippen LogP contribution in [0.3, 0.4) is 0 Å². The topological polar surface area (TPSA) is 95.6 Å². The number of nitrogens with zero attached hydrogens (tertiary/aromatic N) is 1. The molecule has 7 nitrogen and oxygen atoms in total. The first kappa shape index (κ1) is 18.7. The monoisotopic (exact) mass is 373 g/mol.